The van der Waals surface area contributed by atoms with Crippen LogP contribution in [0.3, 0.4) is 0 Å². The predicted molar refractivity (Wildman–Crippen MR) is 324 cm³/mol. The average molecular weight is 1040 g/mol. The number of amides is 1. The fourth-order valence-electron chi connectivity index (χ4n) is 10.0. The Labute approximate surface area is 461 Å². The van der Waals surface area contributed by atoms with Crippen LogP contribution in [0.5, 0.6) is 0 Å². The van der Waals surface area contributed by atoms with Crippen molar-refractivity contribution in [2.24, 2.45) is 0 Å². The molecule has 0 radical (unpaired) electrons. The summed E-state index contributed by atoms with van der Waals surface area (Å²) in [6, 6.07) is -0.629. The number of unbranched alkanes of at least 4 members (excludes halogenated alkanes) is 44. The van der Waals surface area contributed by atoms with Crippen LogP contribution < -0.4 is 5.32 Å². The maximum Gasteiger partial charge on any atom is 0.305 e. The van der Waals surface area contributed by atoms with Crippen LogP contribution in [0.25, 0.3) is 0 Å². The molecule has 0 fully saturated rings. The van der Waals surface area contributed by atoms with Crippen molar-refractivity contribution in [3.8, 4) is 0 Å². The highest BCUT2D eigenvalue weighted by Crippen LogP contribution is 2.17. The van der Waals surface area contributed by atoms with E-state index in [1.54, 1.807) is 6.08 Å². The third-order valence-electron chi connectivity index (χ3n) is 15.1. The van der Waals surface area contributed by atoms with Gasteiger partial charge in [-0.3, -0.25) is 9.59 Å². The Balaban J connectivity index is 3.40. The van der Waals surface area contributed by atoms with E-state index in [9.17, 15) is 19.8 Å². The summed E-state index contributed by atoms with van der Waals surface area (Å²) in [6.45, 7) is 4.89. The second kappa shape index (κ2) is 63.4. The smallest absolute Gasteiger partial charge is 0.305 e. The number of carbonyl (C=O) groups is 2. The van der Waals surface area contributed by atoms with Crippen LogP contribution in [0.4, 0.5) is 0 Å². The van der Waals surface area contributed by atoms with Gasteiger partial charge >= 0.3 is 5.97 Å². The molecule has 434 valence electrons. The Morgan fingerprint density at radius 2 is 0.676 bits per heavy atom. The van der Waals surface area contributed by atoms with Gasteiger partial charge in [0.05, 0.1) is 25.4 Å². The summed E-state index contributed by atoms with van der Waals surface area (Å²) in [6.07, 6.45) is 81.7. The first-order chi connectivity index (χ1) is 36.5. The Bertz CT molecular complexity index is 1240. The van der Waals surface area contributed by atoms with E-state index in [2.05, 4.69) is 55.6 Å². The van der Waals surface area contributed by atoms with Gasteiger partial charge in [0.15, 0.2) is 0 Å². The largest absolute Gasteiger partial charge is 0.466 e. The van der Waals surface area contributed by atoms with Crippen LogP contribution in [0.1, 0.15) is 348 Å². The molecule has 0 bridgehead atoms. The first kappa shape index (κ1) is 71.8. The Morgan fingerprint density at radius 3 is 1.05 bits per heavy atom. The third-order valence-corrected chi connectivity index (χ3v) is 15.1. The highest BCUT2D eigenvalue weighted by molar-refractivity contribution is 5.76. The first-order valence-electron chi connectivity index (χ1n) is 32.9. The van der Waals surface area contributed by atoms with Crippen molar-refractivity contribution in [1.29, 1.82) is 0 Å². The van der Waals surface area contributed by atoms with Gasteiger partial charge in [0.25, 0.3) is 0 Å². The monoisotopic (exact) mass is 1040 g/mol. The number of allylic oxidation sites excluding steroid dienone is 7. The van der Waals surface area contributed by atoms with Gasteiger partial charge in [-0.15, -0.1) is 0 Å². The van der Waals surface area contributed by atoms with E-state index < -0.39 is 12.1 Å². The molecular formula is C68H127NO5. The number of nitrogens with one attached hydrogen (secondary N) is 1. The van der Waals surface area contributed by atoms with Crippen LogP contribution in [-0.2, 0) is 14.3 Å². The fraction of sp³-hybridized carbons (Fsp3) is 0.853. The van der Waals surface area contributed by atoms with E-state index in [0.717, 1.165) is 51.4 Å². The van der Waals surface area contributed by atoms with Crippen molar-refractivity contribution in [2.75, 3.05) is 13.2 Å². The number of hydrogen-bond donors (Lipinski definition) is 3. The lowest BCUT2D eigenvalue weighted by Gasteiger charge is -2.20. The Morgan fingerprint density at radius 1 is 0.378 bits per heavy atom. The van der Waals surface area contributed by atoms with Crippen molar-refractivity contribution in [3.05, 3.63) is 48.6 Å². The molecular weight excluding hydrogens is 911 g/mol. The molecule has 1 amide bonds. The summed E-state index contributed by atoms with van der Waals surface area (Å²) in [5, 5.41) is 23.1. The quantitative estimate of drug-likeness (QED) is 0.0320. The molecule has 0 saturated heterocycles. The lowest BCUT2D eigenvalue weighted by Crippen LogP contribution is -2.45. The molecule has 74 heavy (non-hydrogen) atoms. The standard InChI is InChI=1S/C68H127NO5/c1-3-5-7-9-11-13-15-17-18-19-31-34-38-42-46-50-54-58-62-68(73)74-63-59-55-51-47-43-39-35-32-29-27-25-23-21-20-22-24-26-28-30-33-37-41-45-49-53-57-61-67(72)69-65(64-70)66(71)60-56-52-48-44-40-36-16-14-12-10-8-6-4-2/h13,15,18-20,22,56,60,65-66,70-71H,3-12,14,16-17,21,23-55,57-59,61-64H2,1-2H3,(H,69,72)/b15-13-,19-18-,22-20-,60-56+. The van der Waals surface area contributed by atoms with E-state index in [0.29, 0.717) is 19.4 Å². The Hall–Kier alpha value is -2.18. The Kier molecular flexibility index (Phi) is 61.5. The van der Waals surface area contributed by atoms with Crippen LogP contribution in [-0.4, -0.2) is 47.4 Å². The van der Waals surface area contributed by atoms with E-state index >= 15 is 0 Å². The normalized spacial score (nSPS) is 12.9. The zero-order valence-corrected chi connectivity index (χ0v) is 49.6. The van der Waals surface area contributed by atoms with Crippen LogP contribution >= 0.6 is 0 Å². The van der Waals surface area contributed by atoms with Gasteiger partial charge in [0.1, 0.15) is 0 Å². The summed E-state index contributed by atoms with van der Waals surface area (Å²) in [5.74, 6) is -0.0633. The molecule has 0 aromatic carbocycles. The summed E-state index contributed by atoms with van der Waals surface area (Å²) in [7, 11) is 0. The minimum atomic E-state index is -0.845. The van der Waals surface area contributed by atoms with Crippen molar-refractivity contribution < 1.29 is 24.5 Å². The molecule has 6 heteroatoms. The van der Waals surface area contributed by atoms with Crippen molar-refractivity contribution in [1.82, 2.24) is 5.32 Å². The molecule has 0 aliphatic heterocycles. The molecule has 0 aromatic rings. The van der Waals surface area contributed by atoms with Crippen molar-refractivity contribution in [3.63, 3.8) is 0 Å². The highest BCUT2D eigenvalue weighted by Gasteiger charge is 2.18. The van der Waals surface area contributed by atoms with E-state index in [4.69, 9.17) is 4.74 Å². The number of hydrogen-bond acceptors (Lipinski definition) is 5. The zero-order chi connectivity index (χ0) is 53.6. The van der Waals surface area contributed by atoms with Gasteiger partial charge in [-0.05, 0) is 89.9 Å². The second-order valence-corrected chi connectivity index (χ2v) is 22.4. The summed E-state index contributed by atoms with van der Waals surface area (Å²) in [4.78, 5) is 24.5. The van der Waals surface area contributed by atoms with Crippen LogP contribution in [0, 0.1) is 0 Å². The topological polar surface area (TPSA) is 95.9 Å². The summed E-state index contributed by atoms with van der Waals surface area (Å²) < 4.78 is 5.50. The zero-order valence-electron chi connectivity index (χ0n) is 49.6. The van der Waals surface area contributed by atoms with Gasteiger partial charge in [0.2, 0.25) is 5.91 Å². The predicted octanol–water partition coefficient (Wildman–Crippen LogP) is 20.9. The molecule has 0 aliphatic carbocycles. The van der Waals surface area contributed by atoms with Crippen LogP contribution in [0.15, 0.2) is 48.6 Å². The van der Waals surface area contributed by atoms with Crippen molar-refractivity contribution >= 4 is 11.9 Å². The lowest BCUT2D eigenvalue weighted by atomic mass is 10.0. The van der Waals surface area contributed by atoms with Crippen LogP contribution in [0.2, 0.25) is 0 Å². The van der Waals surface area contributed by atoms with Gasteiger partial charge in [-0.25, -0.2) is 0 Å². The number of ether oxygens (including phenoxy) is 1. The average Bonchev–Trinajstić information content (AvgIpc) is 3.40. The fourth-order valence-corrected chi connectivity index (χ4v) is 10.0. The number of aliphatic hydroxyl groups excluding tert-OH is 2. The maximum absolute atomic E-state index is 12.5. The molecule has 0 heterocycles. The molecule has 2 atom stereocenters. The first-order valence-corrected chi connectivity index (χ1v) is 32.9. The van der Waals surface area contributed by atoms with Gasteiger partial charge < -0.3 is 20.3 Å². The van der Waals surface area contributed by atoms with Gasteiger partial charge in [-0.1, -0.05) is 294 Å². The maximum atomic E-state index is 12.5. The number of carbonyl (C=O) groups excluding carboxylic acids is 2. The molecule has 3 N–H and O–H groups in total. The van der Waals surface area contributed by atoms with E-state index in [-0.39, 0.29) is 18.5 Å². The van der Waals surface area contributed by atoms with E-state index in [1.165, 1.54) is 270 Å². The summed E-state index contributed by atoms with van der Waals surface area (Å²) >= 11 is 0. The minimum Gasteiger partial charge on any atom is -0.466 e. The lowest BCUT2D eigenvalue weighted by molar-refractivity contribution is -0.143. The third kappa shape index (κ3) is 59.1. The van der Waals surface area contributed by atoms with Gasteiger partial charge in [-0.2, -0.15) is 0 Å². The minimum absolute atomic E-state index is 0.00642. The molecule has 0 spiro atoms. The number of aliphatic hydroxyl groups is 2. The SMILES string of the molecule is CCCCCC/C=C\C/C=C\CCCCCCCCCC(=O)OCCCCCCCCCCCCCC/C=C\CCCCCCCCCCCCC(=O)NC(CO)C(O)/C=C/CCCCCCCCCCCCC. The summed E-state index contributed by atoms with van der Waals surface area (Å²) in [5.41, 5.74) is 0. The molecule has 2 unspecified atom stereocenters. The van der Waals surface area contributed by atoms with E-state index in [1.807, 2.05) is 6.08 Å². The number of rotatable bonds is 61. The number of esters is 1. The molecule has 6 nitrogen and oxygen atoms in total. The molecule has 0 aromatic heterocycles. The molecule has 0 rings (SSSR count). The second-order valence-electron chi connectivity index (χ2n) is 22.4. The van der Waals surface area contributed by atoms with Crippen molar-refractivity contribution in [2.45, 2.75) is 360 Å². The molecule has 0 aliphatic rings. The molecule has 0 saturated carbocycles. The highest BCUT2D eigenvalue weighted by atomic mass is 16.5. The van der Waals surface area contributed by atoms with Gasteiger partial charge in [0, 0.05) is 12.8 Å².